The fraction of sp³-hybridized carbons (Fsp3) is 0.0800. The summed E-state index contributed by atoms with van der Waals surface area (Å²) in [7, 11) is 0. The van der Waals surface area contributed by atoms with Crippen LogP contribution in [-0.2, 0) is 6.54 Å². The summed E-state index contributed by atoms with van der Waals surface area (Å²) in [6, 6.07) is 21.3. The van der Waals surface area contributed by atoms with E-state index in [2.05, 4.69) is 20.6 Å². The lowest BCUT2D eigenvalue weighted by Crippen LogP contribution is -2.23. The minimum absolute atomic E-state index is 0.134. The quantitative estimate of drug-likeness (QED) is 0.453. The second-order valence-electron chi connectivity index (χ2n) is 7.12. The minimum atomic E-state index is -0.303. The number of aryl methyl sites for hydroxylation is 1. The van der Waals surface area contributed by atoms with Crippen molar-refractivity contribution in [2.75, 3.05) is 5.32 Å². The molecule has 0 saturated heterocycles. The third kappa shape index (κ3) is 5.11. The molecule has 0 saturated carbocycles. The van der Waals surface area contributed by atoms with E-state index in [4.69, 9.17) is 0 Å². The van der Waals surface area contributed by atoms with Gasteiger partial charge in [-0.3, -0.25) is 4.79 Å². The molecule has 0 unspecified atom stereocenters. The third-order valence-electron chi connectivity index (χ3n) is 4.91. The number of nitrogens with zero attached hydrogens (tertiary/aromatic N) is 2. The zero-order chi connectivity index (χ0) is 21.6. The van der Waals surface area contributed by atoms with Crippen molar-refractivity contribution in [1.82, 2.24) is 15.3 Å². The van der Waals surface area contributed by atoms with Gasteiger partial charge in [-0.05, 0) is 60.0 Å². The number of carbonyl (C=O) groups is 1. The Kier molecular flexibility index (Phi) is 5.98. The average Bonchev–Trinajstić information content (AvgIpc) is 2.79. The number of benzene rings is 3. The lowest BCUT2D eigenvalue weighted by molar-refractivity contribution is 0.0951. The molecule has 0 aliphatic rings. The van der Waals surface area contributed by atoms with E-state index in [1.165, 1.54) is 12.1 Å². The first-order valence-corrected chi connectivity index (χ1v) is 9.86. The van der Waals surface area contributed by atoms with Gasteiger partial charge in [0.2, 0.25) is 5.95 Å². The van der Waals surface area contributed by atoms with E-state index in [1.807, 2.05) is 31.2 Å². The van der Waals surface area contributed by atoms with Crippen molar-refractivity contribution in [2.45, 2.75) is 13.5 Å². The summed E-state index contributed by atoms with van der Waals surface area (Å²) in [6.45, 7) is 2.51. The highest BCUT2D eigenvalue weighted by Crippen LogP contribution is 2.20. The van der Waals surface area contributed by atoms with Crippen molar-refractivity contribution in [1.29, 1.82) is 0 Å². The summed E-state index contributed by atoms with van der Waals surface area (Å²) in [5.41, 5.74) is 5.01. The highest BCUT2D eigenvalue weighted by Gasteiger charge is 2.07. The van der Waals surface area contributed by atoms with Crippen LogP contribution in [0.1, 0.15) is 21.5 Å². The summed E-state index contributed by atoms with van der Waals surface area (Å²) >= 11 is 0. The lowest BCUT2D eigenvalue weighted by Gasteiger charge is -2.09. The maximum atomic E-state index is 13.4. The van der Waals surface area contributed by atoms with Gasteiger partial charge in [-0.2, -0.15) is 0 Å². The van der Waals surface area contributed by atoms with E-state index in [0.29, 0.717) is 23.6 Å². The van der Waals surface area contributed by atoms with Gasteiger partial charge in [-0.15, -0.1) is 0 Å². The van der Waals surface area contributed by atoms with E-state index in [9.17, 15) is 9.18 Å². The smallest absolute Gasteiger partial charge is 0.251 e. The van der Waals surface area contributed by atoms with Crippen LogP contribution in [0.5, 0.6) is 0 Å². The number of anilines is 2. The van der Waals surface area contributed by atoms with Gasteiger partial charge in [-0.25, -0.2) is 14.4 Å². The molecule has 1 amide bonds. The molecule has 4 rings (SSSR count). The SMILES string of the molecule is Cc1ccccc1CNC(=O)c1ccc(Nc2ncc(-c3cccc(F)c3)cn2)cc1. The fourth-order valence-electron chi connectivity index (χ4n) is 3.13. The van der Waals surface area contributed by atoms with Gasteiger partial charge >= 0.3 is 0 Å². The number of carbonyl (C=O) groups excluding carboxylic acids is 1. The molecular formula is C25H21FN4O. The summed E-state index contributed by atoms with van der Waals surface area (Å²) in [6.07, 6.45) is 3.27. The van der Waals surface area contributed by atoms with Gasteiger partial charge in [0, 0.05) is 35.8 Å². The molecule has 0 aliphatic heterocycles. The summed E-state index contributed by atoms with van der Waals surface area (Å²) < 4.78 is 13.4. The van der Waals surface area contributed by atoms with Crippen molar-refractivity contribution >= 4 is 17.5 Å². The topological polar surface area (TPSA) is 66.9 Å². The van der Waals surface area contributed by atoms with Crippen molar-refractivity contribution in [3.8, 4) is 11.1 Å². The van der Waals surface area contributed by atoms with Crippen LogP contribution in [0.25, 0.3) is 11.1 Å². The highest BCUT2D eigenvalue weighted by molar-refractivity contribution is 5.94. The Labute approximate surface area is 180 Å². The highest BCUT2D eigenvalue weighted by atomic mass is 19.1. The number of halogens is 1. The monoisotopic (exact) mass is 412 g/mol. The lowest BCUT2D eigenvalue weighted by atomic mass is 10.1. The van der Waals surface area contributed by atoms with E-state index >= 15 is 0 Å². The van der Waals surface area contributed by atoms with Gasteiger partial charge < -0.3 is 10.6 Å². The average molecular weight is 412 g/mol. The van der Waals surface area contributed by atoms with E-state index in [-0.39, 0.29) is 11.7 Å². The molecule has 0 fully saturated rings. The Balaban J connectivity index is 1.37. The van der Waals surface area contributed by atoms with Gasteiger partial charge in [-0.1, -0.05) is 36.4 Å². The van der Waals surface area contributed by atoms with Crippen LogP contribution in [0.4, 0.5) is 16.0 Å². The maximum Gasteiger partial charge on any atom is 0.251 e. The van der Waals surface area contributed by atoms with Gasteiger partial charge in [0.05, 0.1) is 0 Å². The molecule has 6 heteroatoms. The third-order valence-corrected chi connectivity index (χ3v) is 4.91. The van der Waals surface area contributed by atoms with Gasteiger partial charge in [0.1, 0.15) is 5.82 Å². The molecular weight excluding hydrogens is 391 g/mol. The molecule has 0 atom stereocenters. The van der Waals surface area contributed by atoms with Gasteiger partial charge in [0.25, 0.3) is 5.91 Å². The Morgan fingerprint density at radius 1 is 0.903 bits per heavy atom. The summed E-state index contributed by atoms with van der Waals surface area (Å²) in [5, 5.41) is 6.04. The van der Waals surface area contributed by atoms with Crippen LogP contribution in [0, 0.1) is 12.7 Å². The van der Waals surface area contributed by atoms with Crippen LogP contribution < -0.4 is 10.6 Å². The predicted molar refractivity (Wildman–Crippen MR) is 119 cm³/mol. The number of hydrogen-bond donors (Lipinski definition) is 2. The van der Waals surface area contributed by atoms with Crippen LogP contribution in [0.15, 0.2) is 85.2 Å². The normalized spacial score (nSPS) is 10.5. The molecule has 0 radical (unpaired) electrons. The molecule has 2 N–H and O–H groups in total. The van der Waals surface area contributed by atoms with Crippen LogP contribution in [0.3, 0.4) is 0 Å². The van der Waals surface area contributed by atoms with Crippen molar-refractivity contribution in [3.63, 3.8) is 0 Å². The first-order chi connectivity index (χ1) is 15.1. The Bertz CT molecular complexity index is 1190. The second-order valence-corrected chi connectivity index (χ2v) is 7.12. The van der Waals surface area contributed by atoms with Gasteiger partial charge in [0.15, 0.2) is 0 Å². The standard InChI is InChI=1S/C25H21FN4O/c1-17-5-2-3-6-20(17)14-27-24(31)18-9-11-23(12-10-18)30-25-28-15-21(16-29-25)19-7-4-8-22(26)13-19/h2-13,15-16H,14H2,1H3,(H,27,31)(H,28,29,30). The maximum absolute atomic E-state index is 13.4. The van der Waals surface area contributed by atoms with E-state index in [1.54, 1.807) is 48.8 Å². The number of aromatic nitrogens is 2. The molecule has 31 heavy (non-hydrogen) atoms. The van der Waals surface area contributed by atoms with Crippen molar-refractivity contribution in [3.05, 3.63) is 108 Å². The van der Waals surface area contributed by atoms with E-state index < -0.39 is 0 Å². The molecule has 0 spiro atoms. The van der Waals surface area contributed by atoms with Crippen molar-refractivity contribution in [2.24, 2.45) is 0 Å². The predicted octanol–water partition coefficient (Wildman–Crippen LogP) is 5.26. The fourth-order valence-corrected chi connectivity index (χ4v) is 3.13. The van der Waals surface area contributed by atoms with Crippen molar-refractivity contribution < 1.29 is 9.18 Å². The molecule has 1 heterocycles. The number of rotatable bonds is 6. The first kappa shape index (κ1) is 20.2. The summed E-state index contributed by atoms with van der Waals surface area (Å²) in [4.78, 5) is 21.0. The largest absolute Gasteiger partial charge is 0.348 e. The molecule has 154 valence electrons. The molecule has 0 aliphatic carbocycles. The van der Waals surface area contributed by atoms with Crippen LogP contribution >= 0.6 is 0 Å². The van der Waals surface area contributed by atoms with Crippen LogP contribution in [0.2, 0.25) is 0 Å². The van der Waals surface area contributed by atoms with Crippen LogP contribution in [-0.4, -0.2) is 15.9 Å². The molecule has 3 aromatic carbocycles. The number of nitrogens with one attached hydrogen (secondary N) is 2. The Morgan fingerprint density at radius 2 is 1.65 bits per heavy atom. The minimum Gasteiger partial charge on any atom is -0.348 e. The molecule has 1 aromatic heterocycles. The zero-order valence-corrected chi connectivity index (χ0v) is 17.0. The zero-order valence-electron chi connectivity index (χ0n) is 17.0. The first-order valence-electron chi connectivity index (χ1n) is 9.86. The molecule has 0 bridgehead atoms. The Hall–Kier alpha value is -4.06. The number of hydrogen-bond acceptors (Lipinski definition) is 4. The van der Waals surface area contributed by atoms with E-state index in [0.717, 1.165) is 22.4 Å². The summed E-state index contributed by atoms with van der Waals surface area (Å²) in [5.74, 6) is -0.0230. The molecule has 5 nitrogen and oxygen atoms in total. The number of amides is 1. The second kappa shape index (κ2) is 9.17. The molecule has 4 aromatic rings. The Morgan fingerprint density at radius 3 is 2.35 bits per heavy atom.